The predicted octanol–water partition coefficient (Wildman–Crippen LogP) is 2.57. The molecule has 1 fully saturated rings. The topological polar surface area (TPSA) is 73.6 Å². The Morgan fingerprint density at radius 2 is 1.92 bits per heavy atom. The maximum atomic E-state index is 13.8. The molecule has 0 bridgehead atoms. The third-order valence-corrected chi connectivity index (χ3v) is 4.42. The van der Waals surface area contributed by atoms with E-state index in [2.05, 4.69) is 5.32 Å². The first kappa shape index (κ1) is 18.4. The third kappa shape index (κ3) is 4.59. The van der Waals surface area contributed by atoms with E-state index in [1.165, 1.54) is 6.07 Å². The van der Waals surface area contributed by atoms with Crippen LogP contribution in [-0.4, -0.2) is 31.3 Å². The molecule has 0 aliphatic carbocycles. The van der Waals surface area contributed by atoms with Gasteiger partial charge in [0, 0.05) is 6.54 Å². The Balaban J connectivity index is 1.68. The maximum absolute atomic E-state index is 13.8. The summed E-state index contributed by atoms with van der Waals surface area (Å²) in [5.74, 6) is -0.481. The summed E-state index contributed by atoms with van der Waals surface area (Å²) in [6.07, 6.45) is 0.832. The Kier molecular flexibility index (Phi) is 6.20. The van der Waals surface area contributed by atoms with Gasteiger partial charge in [0.2, 0.25) is 5.91 Å². The molecule has 0 saturated carbocycles. The van der Waals surface area contributed by atoms with Crippen molar-refractivity contribution in [3.63, 3.8) is 0 Å². The zero-order valence-corrected chi connectivity index (χ0v) is 14.4. The molecule has 6 heteroatoms. The number of ether oxygens (including phenoxy) is 2. The molecule has 1 unspecified atom stereocenters. The number of amides is 1. The number of carbonyl (C=O) groups excluding carboxylic acids is 1. The molecule has 0 aromatic heterocycles. The average Bonchev–Trinajstić information content (AvgIpc) is 3.16. The average molecular weight is 358 g/mol. The fourth-order valence-corrected chi connectivity index (χ4v) is 2.98. The number of nitrogens with one attached hydrogen (secondary N) is 1. The van der Waals surface area contributed by atoms with Gasteiger partial charge in [-0.3, -0.25) is 4.79 Å². The smallest absolute Gasteiger partial charge is 0.249 e. The van der Waals surface area contributed by atoms with E-state index < -0.39 is 18.0 Å². The van der Waals surface area contributed by atoms with E-state index in [1.54, 1.807) is 18.2 Å². The van der Waals surface area contributed by atoms with E-state index in [0.717, 1.165) is 12.0 Å². The summed E-state index contributed by atoms with van der Waals surface area (Å²) in [6, 6.07) is 15.2. The maximum Gasteiger partial charge on any atom is 0.249 e. The quantitative estimate of drug-likeness (QED) is 0.798. The summed E-state index contributed by atoms with van der Waals surface area (Å²) >= 11 is 0. The highest BCUT2D eigenvalue weighted by molar-refractivity contribution is 5.81. The van der Waals surface area contributed by atoms with Crippen LogP contribution in [-0.2, 0) is 9.53 Å². The van der Waals surface area contributed by atoms with E-state index in [0.29, 0.717) is 13.0 Å². The lowest BCUT2D eigenvalue weighted by Gasteiger charge is -2.22. The lowest BCUT2D eigenvalue weighted by molar-refractivity contribution is -0.132. The van der Waals surface area contributed by atoms with Gasteiger partial charge in [0.25, 0.3) is 0 Å². The Morgan fingerprint density at radius 1 is 1.19 bits per heavy atom. The summed E-state index contributed by atoms with van der Waals surface area (Å²) in [5.41, 5.74) is 6.48. The van der Waals surface area contributed by atoms with Crippen LogP contribution >= 0.6 is 0 Å². The van der Waals surface area contributed by atoms with Crippen LogP contribution in [0.4, 0.5) is 4.39 Å². The van der Waals surface area contributed by atoms with Gasteiger partial charge in [-0.1, -0.05) is 42.5 Å². The Hall–Kier alpha value is -2.44. The highest BCUT2D eigenvalue weighted by Gasteiger charge is 2.31. The van der Waals surface area contributed by atoms with Crippen molar-refractivity contribution in [1.82, 2.24) is 5.32 Å². The van der Waals surface area contributed by atoms with Crippen molar-refractivity contribution < 1.29 is 18.7 Å². The molecule has 5 nitrogen and oxygen atoms in total. The van der Waals surface area contributed by atoms with E-state index >= 15 is 0 Å². The number of carbonyl (C=O) groups is 1. The Bertz CT molecular complexity index is 726. The zero-order valence-electron chi connectivity index (χ0n) is 14.4. The molecule has 1 amide bonds. The number of para-hydroxylation sites is 1. The Morgan fingerprint density at radius 3 is 2.62 bits per heavy atom. The van der Waals surface area contributed by atoms with E-state index in [9.17, 15) is 9.18 Å². The van der Waals surface area contributed by atoms with Gasteiger partial charge in [0.15, 0.2) is 11.6 Å². The van der Waals surface area contributed by atoms with Crippen LogP contribution in [0.1, 0.15) is 24.4 Å². The normalized spacial score (nSPS) is 20.5. The van der Waals surface area contributed by atoms with Crippen LogP contribution in [0.2, 0.25) is 0 Å². The summed E-state index contributed by atoms with van der Waals surface area (Å²) in [6.45, 7) is 0.520. The first-order valence-corrected chi connectivity index (χ1v) is 8.75. The summed E-state index contributed by atoms with van der Waals surface area (Å²) in [5, 5.41) is 2.96. The fraction of sp³-hybridized carbons (Fsp3) is 0.350. The molecule has 0 spiro atoms. The standard InChI is InChI=1S/C20H23FN2O3/c21-16-8-4-5-9-18(16)25-13-17(14-6-2-1-3-7-14)23-20(24)19-11-10-15(12-22)26-19/h1-9,15,17,19H,10-13,22H2,(H,23,24)/t15-,17?,19+/m1/s1. The van der Waals surface area contributed by atoms with E-state index in [1.807, 2.05) is 30.3 Å². The highest BCUT2D eigenvalue weighted by Crippen LogP contribution is 2.22. The molecule has 138 valence electrons. The van der Waals surface area contributed by atoms with Gasteiger partial charge < -0.3 is 20.5 Å². The van der Waals surface area contributed by atoms with Crippen LogP contribution < -0.4 is 15.8 Å². The molecule has 1 aliphatic rings. The highest BCUT2D eigenvalue weighted by atomic mass is 19.1. The van der Waals surface area contributed by atoms with E-state index in [-0.39, 0.29) is 24.4 Å². The minimum absolute atomic E-state index is 0.0735. The minimum atomic E-state index is -0.511. The second-order valence-electron chi connectivity index (χ2n) is 6.27. The fourth-order valence-electron chi connectivity index (χ4n) is 2.98. The van der Waals surface area contributed by atoms with Crippen molar-refractivity contribution in [3.05, 3.63) is 66.0 Å². The molecular formula is C20H23FN2O3. The van der Waals surface area contributed by atoms with Crippen LogP contribution in [0, 0.1) is 5.82 Å². The molecule has 1 saturated heterocycles. The molecule has 26 heavy (non-hydrogen) atoms. The number of halogens is 1. The van der Waals surface area contributed by atoms with Gasteiger partial charge in [-0.2, -0.15) is 0 Å². The molecule has 1 aliphatic heterocycles. The predicted molar refractivity (Wildman–Crippen MR) is 96.2 cm³/mol. The largest absolute Gasteiger partial charge is 0.488 e. The molecule has 2 aromatic rings. The zero-order chi connectivity index (χ0) is 18.4. The second kappa shape index (κ2) is 8.78. The van der Waals surface area contributed by atoms with Crippen molar-refractivity contribution in [1.29, 1.82) is 0 Å². The number of benzene rings is 2. The monoisotopic (exact) mass is 358 g/mol. The molecule has 2 aromatic carbocycles. The van der Waals surface area contributed by atoms with Gasteiger partial charge >= 0.3 is 0 Å². The van der Waals surface area contributed by atoms with Crippen LogP contribution in [0.5, 0.6) is 5.75 Å². The summed E-state index contributed by atoms with van der Waals surface area (Å²) in [7, 11) is 0. The first-order chi connectivity index (χ1) is 12.7. The van der Waals surface area contributed by atoms with Gasteiger partial charge in [0.05, 0.1) is 12.1 Å². The molecule has 3 rings (SSSR count). The van der Waals surface area contributed by atoms with Crippen LogP contribution in [0.3, 0.4) is 0 Å². The number of nitrogens with two attached hydrogens (primary N) is 1. The van der Waals surface area contributed by atoms with Gasteiger partial charge in [0.1, 0.15) is 12.7 Å². The van der Waals surface area contributed by atoms with Gasteiger partial charge in [-0.05, 0) is 30.5 Å². The third-order valence-electron chi connectivity index (χ3n) is 4.42. The molecule has 1 heterocycles. The molecule has 3 atom stereocenters. The molecule has 0 radical (unpaired) electrons. The summed E-state index contributed by atoms with van der Waals surface area (Å²) < 4.78 is 25.1. The van der Waals surface area contributed by atoms with Gasteiger partial charge in [-0.25, -0.2) is 4.39 Å². The number of hydrogen-bond acceptors (Lipinski definition) is 4. The van der Waals surface area contributed by atoms with Crippen molar-refractivity contribution in [3.8, 4) is 5.75 Å². The van der Waals surface area contributed by atoms with Gasteiger partial charge in [-0.15, -0.1) is 0 Å². The number of hydrogen-bond donors (Lipinski definition) is 2. The molecular weight excluding hydrogens is 335 g/mol. The SMILES string of the molecule is NC[C@H]1CC[C@@H](C(=O)NC(COc2ccccc2F)c2ccccc2)O1. The van der Waals surface area contributed by atoms with Crippen molar-refractivity contribution in [2.24, 2.45) is 5.73 Å². The molecule has 3 N–H and O–H groups in total. The van der Waals surface area contributed by atoms with Crippen molar-refractivity contribution in [2.45, 2.75) is 31.1 Å². The lowest BCUT2D eigenvalue weighted by Crippen LogP contribution is -2.39. The first-order valence-electron chi connectivity index (χ1n) is 8.75. The van der Waals surface area contributed by atoms with Crippen molar-refractivity contribution in [2.75, 3.05) is 13.2 Å². The summed E-state index contributed by atoms with van der Waals surface area (Å²) in [4.78, 5) is 12.6. The number of rotatable bonds is 7. The van der Waals surface area contributed by atoms with E-state index in [4.69, 9.17) is 15.2 Å². The Labute approximate surface area is 152 Å². The van der Waals surface area contributed by atoms with Crippen LogP contribution in [0.25, 0.3) is 0 Å². The van der Waals surface area contributed by atoms with Crippen molar-refractivity contribution >= 4 is 5.91 Å². The van der Waals surface area contributed by atoms with Crippen LogP contribution in [0.15, 0.2) is 54.6 Å². The second-order valence-corrected chi connectivity index (χ2v) is 6.27. The lowest BCUT2D eigenvalue weighted by atomic mass is 10.1. The minimum Gasteiger partial charge on any atom is -0.488 e.